The molecule has 1 aliphatic heterocycles. The van der Waals surface area contributed by atoms with E-state index in [9.17, 15) is 9.18 Å². The molecule has 1 saturated heterocycles. The van der Waals surface area contributed by atoms with Crippen LogP contribution in [0.15, 0.2) is 48.7 Å². The van der Waals surface area contributed by atoms with Crippen LogP contribution < -0.4 is 4.74 Å². The number of carbonyl (C=O) groups excluding carboxylic acids is 1. The Labute approximate surface area is 122 Å². The quantitative estimate of drug-likeness (QED) is 0.870. The number of hydrogen-bond acceptors (Lipinski definition) is 3. The lowest BCUT2D eigenvalue weighted by atomic mass is 10.2. The SMILES string of the molecule is O=C(c1ccccc1F)N1CCC(Oc2ccccn2)C1. The molecule has 5 heteroatoms. The van der Waals surface area contributed by atoms with Crippen molar-refractivity contribution in [2.45, 2.75) is 12.5 Å². The van der Waals surface area contributed by atoms with Crippen molar-refractivity contribution in [2.75, 3.05) is 13.1 Å². The molecule has 1 unspecified atom stereocenters. The predicted octanol–water partition coefficient (Wildman–Crippen LogP) is 2.51. The lowest BCUT2D eigenvalue weighted by Crippen LogP contribution is -2.31. The zero-order chi connectivity index (χ0) is 14.7. The molecular formula is C16H15FN2O2. The molecule has 1 fully saturated rings. The topological polar surface area (TPSA) is 42.4 Å². The van der Waals surface area contributed by atoms with Gasteiger partial charge in [-0.15, -0.1) is 0 Å². The molecule has 4 nitrogen and oxygen atoms in total. The van der Waals surface area contributed by atoms with E-state index in [0.29, 0.717) is 19.0 Å². The number of likely N-dealkylation sites (tertiary alicyclic amines) is 1. The Morgan fingerprint density at radius 2 is 2.05 bits per heavy atom. The Morgan fingerprint density at radius 3 is 2.81 bits per heavy atom. The van der Waals surface area contributed by atoms with Crippen molar-refractivity contribution in [3.05, 3.63) is 60.0 Å². The minimum atomic E-state index is -0.489. The van der Waals surface area contributed by atoms with Gasteiger partial charge in [-0.3, -0.25) is 4.79 Å². The van der Waals surface area contributed by atoms with E-state index >= 15 is 0 Å². The Balaban J connectivity index is 1.65. The fourth-order valence-corrected chi connectivity index (χ4v) is 2.40. The third-order valence-corrected chi connectivity index (χ3v) is 3.46. The molecule has 1 amide bonds. The van der Waals surface area contributed by atoms with Crippen LogP contribution in [0.3, 0.4) is 0 Å². The van der Waals surface area contributed by atoms with Crippen LogP contribution in [0.5, 0.6) is 5.88 Å². The molecule has 0 radical (unpaired) electrons. The first-order valence-corrected chi connectivity index (χ1v) is 6.85. The highest BCUT2D eigenvalue weighted by atomic mass is 19.1. The van der Waals surface area contributed by atoms with E-state index in [1.54, 1.807) is 29.3 Å². The van der Waals surface area contributed by atoms with Crippen LogP contribution >= 0.6 is 0 Å². The normalized spacial score (nSPS) is 17.8. The van der Waals surface area contributed by atoms with Gasteiger partial charge in [-0.25, -0.2) is 9.37 Å². The second kappa shape index (κ2) is 5.91. The van der Waals surface area contributed by atoms with Crippen LogP contribution in [-0.2, 0) is 0 Å². The van der Waals surface area contributed by atoms with Gasteiger partial charge in [0, 0.05) is 25.2 Å². The average Bonchev–Trinajstić information content (AvgIpc) is 2.97. The maximum atomic E-state index is 13.6. The van der Waals surface area contributed by atoms with Gasteiger partial charge in [-0.2, -0.15) is 0 Å². The lowest BCUT2D eigenvalue weighted by molar-refractivity contribution is 0.0766. The summed E-state index contributed by atoms with van der Waals surface area (Å²) >= 11 is 0. The van der Waals surface area contributed by atoms with Crippen molar-refractivity contribution in [2.24, 2.45) is 0 Å². The first kappa shape index (κ1) is 13.5. The monoisotopic (exact) mass is 286 g/mol. The summed E-state index contributed by atoms with van der Waals surface area (Å²) in [7, 11) is 0. The smallest absolute Gasteiger partial charge is 0.256 e. The Morgan fingerprint density at radius 1 is 1.24 bits per heavy atom. The molecule has 0 spiro atoms. The van der Waals surface area contributed by atoms with Gasteiger partial charge in [0.15, 0.2) is 0 Å². The fraction of sp³-hybridized carbons (Fsp3) is 0.250. The van der Waals surface area contributed by atoms with Crippen molar-refractivity contribution in [1.82, 2.24) is 9.88 Å². The van der Waals surface area contributed by atoms with Crippen LogP contribution in [0.2, 0.25) is 0 Å². The van der Waals surface area contributed by atoms with Crippen molar-refractivity contribution in [1.29, 1.82) is 0 Å². The molecule has 0 aliphatic carbocycles. The van der Waals surface area contributed by atoms with E-state index in [4.69, 9.17) is 4.74 Å². The molecule has 108 valence electrons. The number of halogens is 1. The first-order chi connectivity index (χ1) is 10.2. The molecule has 1 atom stereocenters. The standard InChI is InChI=1S/C16H15FN2O2/c17-14-6-2-1-5-13(14)16(20)19-10-8-12(11-19)21-15-7-3-4-9-18-15/h1-7,9,12H,8,10-11H2. The van der Waals surface area contributed by atoms with Crippen LogP contribution in [0.25, 0.3) is 0 Å². The second-order valence-corrected chi connectivity index (χ2v) is 4.93. The Kier molecular flexibility index (Phi) is 3.81. The summed E-state index contributed by atoms with van der Waals surface area (Å²) in [6.07, 6.45) is 2.28. The largest absolute Gasteiger partial charge is 0.472 e. The first-order valence-electron chi connectivity index (χ1n) is 6.85. The minimum Gasteiger partial charge on any atom is -0.472 e. The van der Waals surface area contributed by atoms with Gasteiger partial charge in [-0.1, -0.05) is 18.2 Å². The molecule has 0 N–H and O–H groups in total. The molecule has 2 heterocycles. The van der Waals surface area contributed by atoms with E-state index in [1.807, 2.05) is 12.1 Å². The van der Waals surface area contributed by atoms with Gasteiger partial charge >= 0.3 is 0 Å². The van der Waals surface area contributed by atoms with Crippen LogP contribution in [-0.4, -0.2) is 35.0 Å². The highest BCUT2D eigenvalue weighted by Gasteiger charge is 2.29. The summed E-state index contributed by atoms with van der Waals surface area (Å²) in [6.45, 7) is 1.01. The van der Waals surface area contributed by atoms with Crippen molar-refractivity contribution in [3.8, 4) is 5.88 Å². The van der Waals surface area contributed by atoms with E-state index in [1.165, 1.54) is 12.1 Å². The highest BCUT2D eigenvalue weighted by molar-refractivity contribution is 5.94. The number of amides is 1. The maximum Gasteiger partial charge on any atom is 0.256 e. The van der Waals surface area contributed by atoms with Crippen molar-refractivity contribution in [3.63, 3.8) is 0 Å². The van der Waals surface area contributed by atoms with Crippen molar-refractivity contribution >= 4 is 5.91 Å². The van der Waals surface area contributed by atoms with E-state index in [0.717, 1.165) is 6.42 Å². The Bertz CT molecular complexity index is 633. The number of ether oxygens (including phenoxy) is 1. The van der Waals surface area contributed by atoms with Gasteiger partial charge in [0.25, 0.3) is 5.91 Å². The summed E-state index contributed by atoms with van der Waals surface area (Å²) in [5, 5.41) is 0. The molecule has 1 aromatic heterocycles. The Hall–Kier alpha value is -2.43. The zero-order valence-corrected chi connectivity index (χ0v) is 11.4. The molecule has 2 aromatic rings. The molecule has 0 bridgehead atoms. The van der Waals surface area contributed by atoms with Gasteiger partial charge in [0.05, 0.1) is 12.1 Å². The number of rotatable bonds is 3. The predicted molar refractivity (Wildman–Crippen MR) is 75.6 cm³/mol. The highest BCUT2D eigenvalue weighted by Crippen LogP contribution is 2.19. The zero-order valence-electron chi connectivity index (χ0n) is 11.4. The fourth-order valence-electron chi connectivity index (χ4n) is 2.40. The number of nitrogens with zero attached hydrogens (tertiary/aromatic N) is 2. The summed E-state index contributed by atoms with van der Waals surface area (Å²) in [6, 6.07) is 11.5. The summed E-state index contributed by atoms with van der Waals surface area (Å²) < 4.78 is 19.4. The van der Waals surface area contributed by atoms with Gasteiger partial charge in [-0.05, 0) is 18.2 Å². The molecular weight excluding hydrogens is 271 g/mol. The van der Waals surface area contributed by atoms with Gasteiger partial charge in [0.2, 0.25) is 5.88 Å². The molecule has 1 aromatic carbocycles. The van der Waals surface area contributed by atoms with Crippen molar-refractivity contribution < 1.29 is 13.9 Å². The summed E-state index contributed by atoms with van der Waals surface area (Å²) in [5.41, 5.74) is 0.107. The maximum absolute atomic E-state index is 13.6. The van der Waals surface area contributed by atoms with E-state index in [-0.39, 0.29) is 17.6 Å². The van der Waals surface area contributed by atoms with E-state index in [2.05, 4.69) is 4.98 Å². The lowest BCUT2D eigenvalue weighted by Gasteiger charge is -2.17. The molecule has 21 heavy (non-hydrogen) atoms. The van der Waals surface area contributed by atoms with Crippen LogP contribution in [0, 0.1) is 5.82 Å². The number of aromatic nitrogens is 1. The second-order valence-electron chi connectivity index (χ2n) is 4.93. The van der Waals surface area contributed by atoms with Gasteiger partial charge < -0.3 is 9.64 Å². The van der Waals surface area contributed by atoms with Crippen LogP contribution in [0.1, 0.15) is 16.8 Å². The molecule has 3 rings (SSSR count). The average molecular weight is 286 g/mol. The third-order valence-electron chi connectivity index (χ3n) is 3.46. The molecule has 1 aliphatic rings. The van der Waals surface area contributed by atoms with E-state index < -0.39 is 5.82 Å². The van der Waals surface area contributed by atoms with Gasteiger partial charge in [0.1, 0.15) is 11.9 Å². The summed E-state index contributed by atoms with van der Waals surface area (Å²) in [4.78, 5) is 18.0. The number of benzene rings is 1. The third kappa shape index (κ3) is 3.02. The molecule has 0 saturated carbocycles. The minimum absolute atomic E-state index is 0.101. The van der Waals surface area contributed by atoms with Crippen LogP contribution in [0.4, 0.5) is 4.39 Å². The number of hydrogen-bond donors (Lipinski definition) is 0. The summed E-state index contributed by atoms with van der Waals surface area (Å²) in [5.74, 6) is -0.237. The number of pyridine rings is 1. The number of carbonyl (C=O) groups is 1.